The molecule has 0 aliphatic carbocycles. The normalized spacial score (nSPS) is 18.6. The molecule has 0 amide bonds. The molecule has 1 aromatic carbocycles. The summed E-state index contributed by atoms with van der Waals surface area (Å²) in [7, 11) is 0. The highest BCUT2D eigenvalue weighted by Gasteiger charge is 2.24. The second-order valence-electron chi connectivity index (χ2n) is 8.92. The molecule has 32 heavy (non-hydrogen) atoms. The van der Waals surface area contributed by atoms with Crippen molar-refractivity contribution < 1.29 is 0 Å². The molecule has 3 aromatic heterocycles. The van der Waals surface area contributed by atoms with Crippen molar-refractivity contribution >= 4 is 22.2 Å². The van der Waals surface area contributed by atoms with Crippen LogP contribution < -0.4 is 4.90 Å². The van der Waals surface area contributed by atoms with E-state index in [0.717, 1.165) is 65.2 Å². The molecular weight excluding hydrogens is 398 g/mol. The fourth-order valence-corrected chi connectivity index (χ4v) is 5.15. The summed E-state index contributed by atoms with van der Waals surface area (Å²) in [5.41, 5.74) is 6.22. The number of piperazine rings is 1. The third-order valence-corrected chi connectivity index (χ3v) is 6.83. The number of rotatable bonds is 3. The third kappa shape index (κ3) is 3.51. The van der Waals surface area contributed by atoms with Gasteiger partial charge in [0.1, 0.15) is 0 Å². The van der Waals surface area contributed by atoms with Crippen molar-refractivity contribution in [2.45, 2.75) is 26.2 Å². The number of para-hydroxylation sites is 1. The van der Waals surface area contributed by atoms with Gasteiger partial charge in [-0.25, -0.2) is 19.5 Å². The van der Waals surface area contributed by atoms with Gasteiger partial charge in [-0.05, 0) is 37.5 Å². The van der Waals surface area contributed by atoms with Crippen molar-refractivity contribution in [2.75, 3.05) is 44.2 Å². The van der Waals surface area contributed by atoms with Crippen LogP contribution in [0.3, 0.4) is 0 Å². The van der Waals surface area contributed by atoms with E-state index in [1.54, 1.807) is 0 Å². The van der Waals surface area contributed by atoms with Crippen molar-refractivity contribution in [2.24, 2.45) is 0 Å². The number of hydrogen-bond donors (Lipinski definition) is 0. The van der Waals surface area contributed by atoms with Gasteiger partial charge in [0, 0.05) is 55.9 Å². The molecule has 0 saturated carbocycles. The molecule has 0 unspecified atom stereocenters. The number of anilines is 1. The van der Waals surface area contributed by atoms with Gasteiger partial charge < -0.3 is 4.90 Å². The first-order valence-electron chi connectivity index (χ1n) is 11.7. The Kier molecular flexibility index (Phi) is 5.00. The molecule has 0 atom stereocenters. The van der Waals surface area contributed by atoms with E-state index >= 15 is 0 Å². The molecule has 5 heterocycles. The molecule has 0 radical (unpaired) electrons. The van der Waals surface area contributed by atoms with E-state index in [1.165, 1.54) is 32.4 Å². The summed E-state index contributed by atoms with van der Waals surface area (Å²) in [4.78, 5) is 12.0. The quantitative estimate of drug-likeness (QED) is 0.496. The number of hydrogen-bond acceptors (Lipinski definition) is 6. The fourth-order valence-electron chi connectivity index (χ4n) is 5.15. The van der Waals surface area contributed by atoms with Crippen LogP contribution in [0, 0.1) is 6.92 Å². The van der Waals surface area contributed by atoms with Crippen LogP contribution in [0.15, 0.2) is 48.9 Å². The molecule has 2 saturated heterocycles. The number of pyridine rings is 1. The number of hydrazine groups is 1. The smallest absolute Gasteiger partial charge is 0.162 e. The molecule has 7 nitrogen and oxygen atoms in total. The topological polar surface area (TPSA) is 52.8 Å². The van der Waals surface area contributed by atoms with E-state index in [9.17, 15) is 0 Å². The van der Waals surface area contributed by atoms with Crippen LogP contribution in [0.4, 0.5) is 5.69 Å². The van der Waals surface area contributed by atoms with Gasteiger partial charge >= 0.3 is 0 Å². The Balaban J connectivity index is 1.27. The second kappa shape index (κ2) is 8.15. The standard InChI is InChI=1S/C25H29N7/c1-19-15-22(21-7-3-4-8-24(21)28-19)23-17-27-32-18-20(16-26-25(23)32)29-11-13-31(14-12-29)30-9-5-2-6-10-30/h3-4,7-8,15-18H,2,5-6,9-14H2,1H3. The first-order valence-corrected chi connectivity index (χ1v) is 11.7. The number of aromatic nitrogens is 4. The van der Waals surface area contributed by atoms with Gasteiger partial charge in [-0.3, -0.25) is 4.98 Å². The third-order valence-electron chi connectivity index (χ3n) is 6.83. The SMILES string of the molecule is Cc1cc(-c2cnn3cc(N4CCN(N5CCCCC5)CC4)cnc23)c2ccccc2n1. The van der Waals surface area contributed by atoms with E-state index in [4.69, 9.17) is 4.98 Å². The van der Waals surface area contributed by atoms with Gasteiger partial charge in [-0.15, -0.1) is 0 Å². The summed E-state index contributed by atoms with van der Waals surface area (Å²) in [5.74, 6) is 0. The summed E-state index contributed by atoms with van der Waals surface area (Å²) in [6.45, 7) is 8.66. The van der Waals surface area contributed by atoms with E-state index in [1.807, 2.05) is 29.9 Å². The van der Waals surface area contributed by atoms with Crippen molar-refractivity contribution in [1.29, 1.82) is 0 Å². The van der Waals surface area contributed by atoms with E-state index in [2.05, 4.69) is 55.5 Å². The van der Waals surface area contributed by atoms with Crippen molar-refractivity contribution in [1.82, 2.24) is 29.6 Å². The maximum atomic E-state index is 4.85. The largest absolute Gasteiger partial charge is 0.366 e. The van der Waals surface area contributed by atoms with Crippen LogP contribution in [-0.2, 0) is 0 Å². The zero-order valence-electron chi connectivity index (χ0n) is 18.6. The first kappa shape index (κ1) is 19.6. The van der Waals surface area contributed by atoms with E-state index < -0.39 is 0 Å². The van der Waals surface area contributed by atoms with Crippen LogP contribution in [0.25, 0.3) is 27.7 Å². The molecule has 164 valence electrons. The molecule has 2 aliphatic heterocycles. The predicted octanol–water partition coefficient (Wildman–Crippen LogP) is 3.78. The molecule has 0 bridgehead atoms. The lowest BCUT2D eigenvalue weighted by molar-refractivity contribution is -0.0427. The number of fused-ring (bicyclic) bond motifs is 2. The minimum atomic E-state index is 0.886. The van der Waals surface area contributed by atoms with Crippen molar-refractivity contribution in [3.8, 4) is 11.1 Å². The lowest BCUT2D eigenvalue weighted by Crippen LogP contribution is -2.55. The summed E-state index contributed by atoms with van der Waals surface area (Å²) in [6.07, 6.45) is 10.1. The zero-order valence-corrected chi connectivity index (χ0v) is 18.6. The molecular formula is C25H29N7. The van der Waals surface area contributed by atoms with Crippen LogP contribution in [0.2, 0.25) is 0 Å². The maximum Gasteiger partial charge on any atom is 0.162 e. The average molecular weight is 428 g/mol. The van der Waals surface area contributed by atoms with Crippen molar-refractivity contribution in [3.63, 3.8) is 0 Å². The molecule has 4 aromatic rings. The molecule has 7 heteroatoms. The van der Waals surface area contributed by atoms with Gasteiger partial charge in [-0.2, -0.15) is 5.10 Å². The molecule has 0 spiro atoms. The highest BCUT2D eigenvalue weighted by atomic mass is 15.6. The Morgan fingerprint density at radius 3 is 2.44 bits per heavy atom. The Bertz CT molecular complexity index is 1250. The lowest BCUT2D eigenvalue weighted by Gasteiger charge is -2.43. The van der Waals surface area contributed by atoms with Gasteiger partial charge in [-0.1, -0.05) is 24.6 Å². The summed E-state index contributed by atoms with van der Waals surface area (Å²) < 4.78 is 1.92. The molecule has 6 rings (SSSR count). The fraction of sp³-hybridized carbons (Fsp3) is 0.400. The number of piperidine rings is 1. The number of benzene rings is 1. The van der Waals surface area contributed by atoms with Crippen LogP contribution in [0.5, 0.6) is 0 Å². The zero-order chi connectivity index (χ0) is 21.5. The van der Waals surface area contributed by atoms with Crippen LogP contribution >= 0.6 is 0 Å². The summed E-state index contributed by atoms with van der Waals surface area (Å²) >= 11 is 0. The number of aryl methyl sites for hydroxylation is 1. The summed E-state index contributed by atoms with van der Waals surface area (Å²) in [6, 6.07) is 10.4. The average Bonchev–Trinajstić information content (AvgIpc) is 3.27. The van der Waals surface area contributed by atoms with Gasteiger partial charge in [0.2, 0.25) is 0 Å². The Labute approximate surface area is 188 Å². The second-order valence-corrected chi connectivity index (χ2v) is 8.92. The van der Waals surface area contributed by atoms with Crippen LogP contribution in [0.1, 0.15) is 25.0 Å². The van der Waals surface area contributed by atoms with Gasteiger partial charge in [0.25, 0.3) is 0 Å². The maximum absolute atomic E-state index is 4.85. The van der Waals surface area contributed by atoms with Crippen molar-refractivity contribution in [3.05, 3.63) is 54.6 Å². The highest BCUT2D eigenvalue weighted by molar-refractivity contribution is 5.98. The Hall–Kier alpha value is -3.03. The Morgan fingerprint density at radius 1 is 0.812 bits per heavy atom. The molecule has 2 aliphatic rings. The molecule has 2 fully saturated rings. The summed E-state index contributed by atoms with van der Waals surface area (Å²) in [5, 5.41) is 10.9. The first-order chi connectivity index (χ1) is 15.8. The van der Waals surface area contributed by atoms with E-state index in [-0.39, 0.29) is 0 Å². The van der Waals surface area contributed by atoms with E-state index in [0.29, 0.717) is 0 Å². The van der Waals surface area contributed by atoms with Crippen LogP contribution in [-0.4, -0.2) is 68.9 Å². The minimum absolute atomic E-state index is 0.886. The molecule has 0 N–H and O–H groups in total. The predicted molar refractivity (Wildman–Crippen MR) is 128 cm³/mol. The monoisotopic (exact) mass is 427 g/mol. The van der Waals surface area contributed by atoms with Gasteiger partial charge in [0.15, 0.2) is 5.65 Å². The minimum Gasteiger partial charge on any atom is -0.366 e. The lowest BCUT2D eigenvalue weighted by atomic mass is 10.0. The highest BCUT2D eigenvalue weighted by Crippen LogP contribution is 2.31. The number of nitrogens with zero attached hydrogens (tertiary/aromatic N) is 7. The van der Waals surface area contributed by atoms with Gasteiger partial charge in [0.05, 0.1) is 29.8 Å². The Morgan fingerprint density at radius 2 is 1.59 bits per heavy atom.